The molecular formula is C11H18N2O. The van der Waals surface area contributed by atoms with E-state index in [4.69, 9.17) is 0 Å². The summed E-state index contributed by atoms with van der Waals surface area (Å²) in [5.41, 5.74) is 2.44. The number of carbonyl (C=O) groups is 1. The van der Waals surface area contributed by atoms with Crippen LogP contribution in [0.25, 0.3) is 0 Å². The van der Waals surface area contributed by atoms with Crippen LogP contribution >= 0.6 is 0 Å². The highest BCUT2D eigenvalue weighted by Crippen LogP contribution is 2.24. The van der Waals surface area contributed by atoms with Crippen LogP contribution < -0.4 is 5.32 Å². The molecular weight excluding hydrogens is 176 g/mol. The second kappa shape index (κ2) is 4.40. The number of nitrogens with zero attached hydrogens (tertiary/aromatic N) is 1. The number of allylic oxidation sites excluding steroid dienone is 1. The molecule has 0 aromatic heterocycles. The summed E-state index contributed by atoms with van der Waals surface area (Å²) in [5.74, 6) is 1.31. The van der Waals surface area contributed by atoms with Gasteiger partial charge in [0.1, 0.15) is 5.84 Å². The van der Waals surface area contributed by atoms with Crippen molar-refractivity contribution in [2.24, 2.45) is 10.9 Å². The van der Waals surface area contributed by atoms with E-state index in [0.717, 1.165) is 17.8 Å². The molecule has 0 atom stereocenters. The number of hydrogen-bond acceptors (Lipinski definition) is 2. The Bertz CT molecular complexity index is 300. The van der Waals surface area contributed by atoms with Gasteiger partial charge in [0.15, 0.2) is 0 Å². The van der Waals surface area contributed by atoms with E-state index in [-0.39, 0.29) is 5.91 Å². The van der Waals surface area contributed by atoms with E-state index in [1.807, 2.05) is 0 Å². The molecule has 1 N–H and O–H groups in total. The molecule has 1 rings (SSSR count). The molecule has 0 aromatic carbocycles. The second-order valence-corrected chi connectivity index (χ2v) is 3.81. The zero-order chi connectivity index (χ0) is 10.7. The second-order valence-electron chi connectivity index (χ2n) is 3.81. The molecule has 3 nitrogen and oxygen atoms in total. The Kier molecular flexibility index (Phi) is 3.44. The van der Waals surface area contributed by atoms with Crippen molar-refractivity contribution >= 4 is 11.7 Å². The lowest BCUT2D eigenvalue weighted by molar-refractivity contribution is -0.118. The van der Waals surface area contributed by atoms with Gasteiger partial charge in [0.25, 0.3) is 0 Å². The van der Waals surface area contributed by atoms with Gasteiger partial charge in [0, 0.05) is 12.6 Å². The van der Waals surface area contributed by atoms with Crippen molar-refractivity contribution in [3.63, 3.8) is 0 Å². The summed E-state index contributed by atoms with van der Waals surface area (Å²) >= 11 is 0. The van der Waals surface area contributed by atoms with Crippen molar-refractivity contribution < 1.29 is 4.79 Å². The van der Waals surface area contributed by atoms with Crippen LogP contribution in [0.2, 0.25) is 0 Å². The maximum atomic E-state index is 11.2. The average molecular weight is 194 g/mol. The molecule has 0 spiro atoms. The summed E-state index contributed by atoms with van der Waals surface area (Å²) in [7, 11) is 1.72. The van der Waals surface area contributed by atoms with Gasteiger partial charge in [0.2, 0.25) is 5.91 Å². The van der Waals surface area contributed by atoms with E-state index in [0.29, 0.717) is 12.3 Å². The Morgan fingerprint density at radius 2 is 2.21 bits per heavy atom. The van der Waals surface area contributed by atoms with Gasteiger partial charge >= 0.3 is 0 Å². The molecule has 78 valence electrons. The third kappa shape index (κ3) is 2.03. The Labute approximate surface area is 85.3 Å². The number of aliphatic imine (C=N–C) groups is 1. The van der Waals surface area contributed by atoms with Crippen molar-refractivity contribution in [3.05, 3.63) is 11.1 Å². The first-order valence-electron chi connectivity index (χ1n) is 5.09. The van der Waals surface area contributed by atoms with E-state index in [1.54, 1.807) is 7.05 Å². The van der Waals surface area contributed by atoms with Crippen LogP contribution in [0.1, 0.15) is 33.6 Å². The van der Waals surface area contributed by atoms with Gasteiger partial charge in [-0.15, -0.1) is 0 Å². The van der Waals surface area contributed by atoms with E-state index in [2.05, 4.69) is 31.1 Å². The fraction of sp³-hybridized carbons (Fsp3) is 0.636. The van der Waals surface area contributed by atoms with Gasteiger partial charge < -0.3 is 5.32 Å². The highest BCUT2D eigenvalue weighted by Gasteiger charge is 2.25. The summed E-state index contributed by atoms with van der Waals surface area (Å²) in [5, 5.41) is 2.78. The molecule has 0 bridgehead atoms. The molecule has 0 radical (unpaired) electrons. The van der Waals surface area contributed by atoms with Crippen LogP contribution in [0.4, 0.5) is 0 Å². The predicted octanol–water partition coefficient (Wildman–Crippen LogP) is 1.90. The van der Waals surface area contributed by atoms with Crippen molar-refractivity contribution in [2.45, 2.75) is 33.6 Å². The number of carbonyl (C=O) groups excluding carboxylic acids is 1. The van der Waals surface area contributed by atoms with E-state index in [1.165, 1.54) is 5.57 Å². The summed E-state index contributed by atoms with van der Waals surface area (Å²) < 4.78 is 0. The number of nitrogens with one attached hydrogen (secondary N) is 1. The fourth-order valence-corrected chi connectivity index (χ4v) is 1.92. The molecule has 1 saturated heterocycles. The molecule has 1 aliphatic rings. The van der Waals surface area contributed by atoms with Crippen molar-refractivity contribution in [2.75, 3.05) is 7.05 Å². The maximum Gasteiger partial charge on any atom is 0.230 e. The smallest absolute Gasteiger partial charge is 0.230 e. The van der Waals surface area contributed by atoms with Gasteiger partial charge in [-0.05, 0) is 12.3 Å². The molecule has 14 heavy (non-hydrogen) atoms. The van der Waals surface area contributed by atoms with Crippen LogP contribution in [0, 0.1) is 5.92 Å². The van der Waals surface area contributed by atoms with Crippen LogP contribution in [0.3, 0.4) is 0 Å². The average Bonchev–Trinajstić information content (AvgIpc) is 2.47. The van der Waals surface area contributed by atoms with Gasteiger partial charge in [-0.2, -0.15) is 0 Å². The lowest BCUT2D eigenvalue weighted by Crippen LogP contribution is -2.20. The third-order valence-corrected chi connectivity index (χ3v) is 2.57. The number of amidine groups is 1. The molecule has 0 aromatic rings. The van der Waals surface area contributed by atoms with Crippen LogP contribution in [-0.4, -0.2) is 18.8 Å². The highest BCUT2D eigenvalue weighted by molar-refractivity contribution is 6.16. The highest BCUT2D eigenvalue weighted by atomic mass is 16.1. The standard InChI is InChI=1S/C11H18N2O/c1-5-8(7(2)3)9-6-10(14)13-11(9)12-4/h7H,5-6H2,1-4H3,(H,12,13,14)/b9-8+. The van der Waals surface area contributed by atoms with Crippen LogP contribution in [0.15, 0.2) is 16.1 Å². The Morgan fingerprint density at radius 1 is 1.57 bits per heavy atom. The van der Waals surface area contributed by atoms with E-state index < -0.39 is 0 Å². The molecule has 0 unspecified atom stereocenters. The summed E-state index contributed by atoms with van der Waals surface area (Å²) in [6.07, 6.45) is 1.48. The largest absolute Gasteiger partial charge is 0.310 e. The van der Waals surface area contributed by atoms with Crippen molar-refractivity contribution in [1.29, 1.82) is 0 Å². The minimum Gasteiger partial charge on any atom is -0.310 e. The molecule has 1 heterocycles. The Hall–Kier alpha value is -1.12. The van der Waals surface area contributed by atoms with Crippen molar-refractivity contribution in [3.8, 4) is 0 Å². The predicted molar refractivity (Wildman–Crippen MR) is 58.3 cm³/mol. The first-order chi connectivity index (χ1) is 6.60. The number of hydrogen-bond donors (Lipinski definition) is 1. The molecule has 0 saturated carbocycles. The Morgan fingerprint density at radius 3 is 2.64 bits per heavy atom. The fourth-order valence-electron chi connectivity index (χ4n) is 1.92. The van der Waals surface area contributed by atoms with E-state index in [9.17, 15) is 4.79 Å². The monoisotopic (exact) mass is 194 g/mol. The topological polar surface area (TPSA) is 41.5 Å². The van der Waals surface area contributed by atoms with Gasteiger partial charge in [-0.25, -0.2) is 0 Å². The lowest BCUT2D eigenvalue weighted by Gasteiger charge is -2.12. The quantitative estimate of drug-likeness (QED) is 0.716. The third-order valence-electron chi connectivity index (χ3n) is 2.57. The first-order valence-corrected chi connectivity index (χ1v) is 5.09. The summed E-state index contributed by atoms with van der Waals surface area (Å²) in [4.78, 5) is 15.3. The van der Waals surface area contributed by atoms with Crippen molar-refractivity contribution in [1.82, 2.24) is 5.32 Å². The minimum absolute atomic E-state index is 0.0622. The van der Waals surface area contributed by atoms with E-state index >= 15 is 0 Å². The zero-order valence-electron chi connectivity index (χ0n) is 9.35. The lowest BCUT2D eigenvalue weighted by atomic mass is 9.94. The molecule has 1 aliphatic heterocycles. The molecule has 0 aliphatic carbocycles. The van der Waals surface area contributed by atoms with Crippen LogP contribution in [-0.2, 0) is 4.79 Å². The molecule has 3 heteroatoms. The van der Waals surface area contributed by atoms with Gasteiger partial charge in [0.05, 0.1) is 6.42 Å². The number of amides is 1. The first kappa shape index (κ1) is 11.0. The zero-order valence-corrected chi connectivity index (χ0v) is 9.35. The summed E-state index contributed by atoms with van der Waals surface area (Å²) in [6.45, 7) is 6.43. The Balaban J connectivity index is 3.10. The molecule has 1 amide bonds. The summed E-state index contributed by atoms with van der Waals surface area (Å²) in [6, 6.07) is 0. The van der Waals surface area contributed by atoms with Gasteiger partial charge in [-0.1, -0.05) is 26.3 Å². The van der Waals surface area contributed by atoms with Crippen LogP contribution in [0.5, 0.6) is 0 Å². The number of rotatable bonds is 2. The SMILES string of the molecule is CC/C(=C1/CC(=O)NC1=NC)C(C)C. The van der Waals surface area contributed by atoms with Gasteiger partial charge in [-0.3, -0.25) is 9.79 Å². The normalized spacial score (nSPS) is 23.2. The maximum absolute atomic E-state index is 11.2. The molecule has 1 fully saturated rings. The minimum atomic E-state index is 0.0622.